The number of para-hydroxylation sites is 1. The highest BCUT2D eigenvalue weighted by atomic mass is 16.6. The predicted octanol–water partition coefficient (Wildman–Crippen LogP) is 1.55. The van der Waals surface area contributed by atoms with E-state index in [1.54, 1.807) is 19.4 Å². The molecule has 0 saturated carbocycles. The molecule has 3 rings (SSSR count). The van der Waals surface area contributed by atoms with Crippen LogP contribution in [0.4, 0.5) is 5.82 Å². The van der Waals surface area contributed by atoms with Gasteiger partial charge in [-0.25, -0.2) is 0 Å². The van der Waals surface area contributed by atoms with Gasteiger partial charge in [0.2, 0.25) is 6.10 Å². The molecule has 2 N–H and O–H groups in total. The zero-order valence-electron chi connectivity index (χ0n) is 11.4. The quantitative estimate of drug-likeness (QED) is 0.892. The summed E-state index contributed by atoms with van der Waals surface area (Å²) in [6.45, 7) is 0. The van der Waals surface area contributed by atoms with Crippen LogP contribution in [0.15, 0.2) is 41.7 Å². The number of anilines is 1. The molecule has 1 atom stereocenters. The Bertz CT molecular complexity index is 667. The molecule has 0 aliphatic carbocycles. The SMILES string of the molecule is COc1ccccc1C1=NOC(C(=O)Nc2ccn[nH]2)C1. The number of ether oxygens (including phenoxy) is 1. The summed E-state index contributed by atoms with van der Waals surface area (Å²) in [6, 6.07) is 9.15. The lowest BCUT2D eigenvalue weighted by Crippen LogP contribution is -2.28. The standard InChI is InChI=1S/C14H14N4O3/c1-20-11-5-3-2-4-9(11)10-8-12(21-18-10)14(19)16-13-6-7-15-17-13/h2-7,12H,8H2,1H3,(H2,15,16,17,19). The van der Waals surface area contributed by atoms with Gasteiger partial charge in [0.1, 0.15) is 11.6 Å². The van der Waals surface area contributed by atoms with E-state index in [1.807, 2.05) is 24.3 Å². The van der Waals surface area contributed by atoms with Crippen LogP contribution in [0.2, 0.25) is 0 Å². The molecule has 0 spiro atoms. The van der Waals surface area contributed by atoms with Crippen LogP contribution in [0.3, 0.4) is 0 Å². The number of benzene rings is 1. The monoisotopic (exact) mass is 286 g/mol. The van der Waals surface area contributed by atoms with Crippen LogP contribution in [0, 0.1) is 0 Å². The molecule has 1 aliphatic heterocycles. The topological polar surface area (TPSA) is 88.6 Å². The Labute approximate surface area is 120 Å². The first-order valence-corrected chi connectivity index (χ1v) is 6.44. The van der Waals surface area contributed by atoms with Crippen molar-refractivity contribution < 1.29 is 14.4 Å². The molecule has 7 nitrogen and oxygen atoms in total. The van der Waals surface area contributed by atoms with Crippen LogP contribution in [0.5, 0.6) is 5.75 Å². The molecule has 0 radical (unpaired) electrons. The molecule has 1 amide bonds. The van der Waals surface area contributed by atoms with Gasteiger partial charge in [0.15, 0.2) is 0 Å². The fourth-order valence-electron chi connectivity index (χ4n) is 2.10. The molecule has 2 heterocycles. The number of aromatic nitrogens is 2. The number of carbonyl (C=O) groups excluding carboxylic acids is 1. The summed E-state index contributed by atoms with van der Waals surface area (Å²) in [5, 5.41) is 13.1. The number of methoxy groups -OCH3 is 1. The number of aromatic amines is 1. The first-order valence-electron chi connectivity index (χ1n) is 6.44. The largest absolute Gasteiger partial charge is 0.496 e. The number of H-pyrrole nitrogens is 1. The molecule has 1 aliphatic rings. The third-order valence-electron chi connectivity index (χ3n) is 3.14. The minimum atomic E-state index is -0.659. The highest BCUT2D eigenvalue weighted by Gasteiger charge is 2.30. The molecule has 2 aromatic rings. The van der Waals surface area contributed by atoms with E-state index in [-0.39, 0.29) is 5.91 Å². The zero-order chi connectivity index (χ0) is 14.7. The van der Waals surface area contributed by atoms with E-state index >= 15 is 0 Å². The average Bonchev–Trinajstić information content (AvgIpc) is 3.18. The van der Waals surface area contributed by atoms with E-state index in [2.05, 4.69) is 20.7 Å². The average molecular weight is 286 g/mol. The summed E-state index contributed by atoms with van der Waals surface area (Å²) in [5.74, 6) is 0.955. The summed E-state index contributed by atoms with van der Waals surface area (Å²) in [6.07, 6.45) is 1.29. The van der Waals surface area contributed by atoms with Gasteiger partial charge in [-0.2, -0.15) is 5.10 Å². The van der Waals surface area contributed by atoms with Gasteiger partial charge in [0, 0.05) is 18.1 Å². The maximum Gasteiger partial charge on any atom is 0.269 e. The van der Waals surface area contributed by atoms with Crippen molar-refractivity contribution in [2.24, 2.45) is 5.16 Å². The number of amides is 1. The fraction of sp³-hybridized carbons (Fsp3) is 0.214. The lowest BCUT2D eigenvalue weighted by Gasteiger charge is -2.08. The second kappa shape index (κ2) is 5.66. The first-order chi connectivity index (χ1) is 10.3. The van der Waals surface area contributed by atoms with Crippen molar-refractivity contribution in [3.63, 3.8) is 0 Å². The Balaban J connectivity index is 1.68. The summed E-state index contributed by atoms with van der Waals surface area (Å²) in [5.41, 5.74) is 1.52. The van der Waals surface area contributed by atoms with E-state index < -0.39 is 6.10 Å². The molecule has 1 unspecified atom stereocenters. The Morgan fingerprint density at radius 1 is 1.43 bits per heavy atom. The maximum atomic E-state index is 12.1. The third-order valence-corrected chi connectivity index (χ3v) is 3.14. The molecular formula is C14H14N4O3. The molecule has 21 heavy (non-hydrogen) atoms. The molecule has 7 heteroatoms. The van der Waals surface area contributed by atoms with Gasteiger partial charge < -0.3 is 14.9 Å². The summed E-state index contributed by atoms with van der Waals surface area (Å²) >= 11 is 0. The number of carbonyl (C=O) groups is 1. The number of oxime groups is 1. The summed E-state index contributed by atoms with van der Waals surface area (Å²) < 4.78 is 5.29. The maximum absolute atomic E-state index is 12.1. The highest BCUT2D eigenvalue weighted by Crippen LogP contribution is 2.24. The van der Waals surface area contributed by atoms with E-state index in [4.69, 9.17) is 9.57 Å². The van der Waals surface area contributed by atoms with Crippen LogP contribution < -0.4 is 10.1 Å². The van der Waals surface area contributed by atoms with E-state index in [1.165, 1.54) is 0 Å². The Hall–Kier alpha value is -2.83. The summed E-state index contributed by atoms with van der Waals surface area (Å²) in [4.78, 5) is 17.3. The van der Waals surface area contributed by atoms with Crippen molar-refractivity contribution in [2.45, 2.75) is 12.5 Å². The third kappa shape index (κ3) is 2.71. The molecule has 1 aromatic heterocycles. The van der Waals surface area contributed by atoms with E-state index in [0.29, 0.717) is 23.7 Å². The zero-order valence-corrected chi connectivity index (χ0v) is 11.4. The Morgan fingerprint density at radius 3 is 3.05 bits per heavy atom. The van der Waals surface area contributed by atoms with Gasteiger partial charge >= 0.3 is 0 Å². The molecule has 0 saturated heterocycles. The highest BCUT2D eigenvalue weighted by molar-refractivity contribution is 6.07. The lowest BCUT2D eigenvalue weighted by atomic mass is 10.0. The van der Waals surface area contributed by atoms with Gasteiger partial charge in [-0.1, -0.05) is 17.3 Å². The van der Waals surface area contributed by atoms with E-state index in [9.17, 15) is 4.79 Å². The normalized spacial score (nSPS) is 17.0. The summed E-state index contributed by atoms with van der Waals surface area (Å²) in [7, 11) is 1.59. The minimum absolute atomic E-state index is 0.270. The number of rotatable bonds is 4. The van der Waals surface area contributed by atoms with Crippen LogP contribution in [0.25, 0.3) is 0 Å². The van der Waals surface area contributed by atoms with Crippen molar-refractivity contribution in [3.05, 3.63) is 42.1 Å². The Kier molecular flexibility index (Phi) is 3.55. The molecular weight excluding hydrogens is 272 g/mol. The Morgan fingerprint density at radius 2 is 2.29 bits per heavy atom. The number of hydrogen-bond acceptors (Lipinski definition) is 5. The molecule has 0 fully saturated rings. The number of nitrogens with one attached hydrogen (secondary N) is 2. The van der Waals surface area contributed by atoms with Gasteiger partial charge in [-0.3, -0.25) is 9.89 Å². The molecule has 108 valence electrons. The van der Waals surface area contributed by atoms with Crippen LogP contribution >= 0.6 is 0 Å². The first kappa shape index (κ1) is 13.2. The second-order valence-corrected chi connectivity index (χ2v) is 4.50. The van der Waals surface area contributed by atoms with Crippen molar-refractivity contribution in [1.29, 1.82) is 0 Å². The predicted molar refractivity (Wildman–Crippen MR) is 76.2 cm³/mol. The van der Waals surface area contributed by atoms with Crippen molar-refractivity contribution in [1.82, 2.24) is 10.2 Å². The van der Waals surface area contributed by atoms with Gasteiger partial charge in [0.05, 0.1) is 19.0 Å². The van der Waals surface area contributed by atoms with Gasteiger partial charge in [-0.15, -0.1) is 0 Å². The van der Waals surface area contributed by atoms with Crippen LogP contribution in [-0.4, -0.2) is 35.0 Å². The number of hydrogen-bond donors (Lipinski definition) is 2. The van der Waals surface area contributed by atoms with E-state index in [0.717, 1.165) is 5.56 Å². The minimum Gasteiger partial charge on any atom is -0.496 e. The fourth-order valence-corrected chi connectivity index (χ4v) is 2.10. The lowest BCUT2D eigenvalue weighted by molar-refractivity contribution is -0.125. The molecule has 0 bridgehead atoms. The van der Waals surface area contributed by atoms with Crippen molar-refractivity contribution >= 4 is 17.4 Å². The second-order valence-electron chi connectivity index (χ2n) is 4.50. The molecule has 1 aromatic carbocycles. The van der Waals surface area contributed by atoms with Crippen LogP contribution in [-0.2, 0) is 9.63 Å². The smallest absolute Gasteiger partial charge is 0.269 e. The number of nitrogens with zero attached hydrogens (tertiary/aromatic N) is 2. The van der Waals surface area contributed by atoms with Crippen molar-refractivity contribution in [3.8, 4) is 5.75 Å². The van der Waals surface area contributed by atoms with Gasteiger partial charge in [-0.05, 0) is 12.1 Å². The van der Waals surface area contributed by atoms with Crippen LogP contribution in [0.1, 0.15) is 12.0 Å². The van der Waals surface area contributed by atoms with Crippen molar-refractivity contribution in [2.75, 3.05) is 12.4 Å². The van der Waals surface area contributed by atoms with Gasteiger partial charge in [0.25, 0.3) is 5.91 Å².